The Kier molecular flexibility index (Phi) is 2.93. The summed E-state index contributed by atoms with van der Waals surface area (Å²) in [5.41, 5.74) is 3.03. The van der Waals surface area contributed by atoms with Crippen molar-refractivity contribution in [1.82, 2.24) is 9.97 Å². The van der Waals surface area contributed by atoms with Crippen LogP contribution >= 0.6 is 0 Å². The van der Waals surface area contributed by atoms with Crippen molar-refractivity contribution in [3.8, 4) is 17.5 Å². The summed E-state index contributed by atoms with van der Waals surface area (Å²) in [6.45, 7) is 2.03. The van der Waals surface area contributed by atoms with E-state index in [0.717, 1.165) is 16.7 Å². The van der Waals surface area contributed by atoms with Crippen molar-refractivity contribution in [2.24, 2.45) is 0 Å². The average Bonchev–Trinajstić information content (AvgIpc) is 2.31. The third-order valence-corrected chi connectivity index (χ3v) is 2.37. The van der Waals surface area contributed by atoms with Gasteiger partial charge in [0.15, 0.2) is 5.82 Å². The number of hydrogen-bond donors (Lipinski definition) is 0. The molecule has 16 heavy (non-hydrogen) atoms. The minimum atomic E-state index is 0.355. The molecule has 2 aromatic rings. The molecule has 0 radical (unpaired) electrons. The first-order valence-electron chi connectivity index (χ1n) is 5.05. The Morgan fingerprint density at radius 2 is 1.88 bits per heavy atom. The fourth-order valence-corrected chi connectivity index (χ4v) is 1.50. The van der Waals surface area contributed by atoms with E-state index >= 15 is 0 Å². The number of hydrogen-bond acceptors (Lipinski definition) is 3. The number of aryl methyl sites for hydroxylation is 1. The highest BCUT2D eigenvalue weighted by atomic mass is 14.9. The summed E-state index contributed by atoms with van der Waals surface area (Å²) >= 11 is 0. The molecule has 78 valence electrons. The van der Waals surface area contributed by atoms with Crippen molar-refractivity contribution in [2.45, 2.75) is 13.3 Å². The van der Waals surface area contributed by atoms with E-state index in [1.165, 1.54) is 0 Å². The zero-order valence-electron chi connectivity index (χ0n) is 9.01. The topological polar surface area (TPSA) is 49.6 Å². The molecule has 3 nitrogen and oxygen atoms in total. The maximum atomic E-state index is 8.54. The highest BCUT2D eigenvalue weighted by molar-refractivity contribution is 5.59. The largest absolute Gasteiger partial charge is 0.236 e. The molecule has 0 saturated carbocycles. The molecule has 0 saturated heterocycles. The Morgan fingerprint density at radius 3 is 2.50 bits per heavy atom. The van der Waals surface area contributed by atoms with Crippen LogP contribution in [0, 0.1) is 18.3 Å². The van der Waals surface area contributed by atoms with Gasteiger partial charge in [-0.05, 0) is 12.5 Å². The van der Waals surface area contributed by atoms with Gasteiger partial charge >= 0.3 is 0 Å². The lowest BCUT2D eigenvalue weighted by molar-refractivity contribution is 1.10. The second kappa shape index (κ2) is 4.54. The van der Waals surface area contributed by atoms with Crippen molar-refractivity contribution in [2.75, 3.05) is 0 Å². The second-order valence-corrected chi connectivity index (χ2v) is 3.56. The second-order valence-electron chi connectivity index (χ2n) is 3.56. The summed E-state index contributed by atoms with van der Waals surface area (Å²) in [6, 6.07) is 10.1. The average molecular weight is 209 g/mol. The number of rotatable bonds is 2. The molecule has 1 heterocycles. The molecule has 0 aliphatic heterocycles. The van der Waals surface area contributed by atoms with Gasteiger partial charge in [-0.2, -0.15) is 5.26 Å². The summed E-state index contributed by atoms with van der Waals surface area (Å²) in [5, 5.41) is 8.54. The van der Waals surface area contributed by atoms with Gasteiger partial charge in [-0.3, -0.25) is 0 Å². The Balaban J connectivity index is 2.36. The molecule has 0 bridgehead atoms. The van der Waals surface area contributed by atoms with Gasteiger partial charge in [-0.1, -0.05) is 24.3 Å². The van der Waals surface area contributed by atoms with E-state index in [9.17, 15) is 0 Å². The fourth-order valence-electron chi connectivity index (χ4n) is 1.50. The van der Waals surface area contributed by atoms with Crippen molar-refractivity contribution in [3.63, 3.8) is 0 Å². The zero-order valence-corrected chi connectivity index (χ0v) is 9.01. The van der Waals surface area contributed by atoms with Gasteiger partial charge in [0.25, 0.3) is 0 Å². The van der Waals surface area contributed by atoms with Crippen LogP contribution in [0.15, 0.2) is 36.7 Å². The minimum Gasteiger partial charge on any atom is -0.236 e. The molecular formula is C13H11N3. The summed E-state index contributed by atoms with van der Waals surface area (Å²) in [7, 11) is 0. The molecular weight excluding hydrogens is 198 g/mol. The summed E-state index contributed by atoms with van der Waals surface area (Å²) in [4.78, 5) is 8.53. The van der Waals surface area contributed by atoms with E-state index in [4.69, 9.17) is 5.26 Å². The summed E-state index contributed by atoms with van der Waals surface area (Å²) in [5.74, 6) is 0.708. The van der Waals surface area contributed by atoms with Crippen LogP contribution in [0.25, 0.3) is 11.4 Å². The smallest absolute Gasteiger partial charge is 0.159 e. The summed E-state index contributed by atoms with van der Waals surface area (Å²) < 4.78 is 0. The highest BCUT2D eigenvalue weighted by Crippen LogP contribution is 2.18. The molecule has 3 heteroatoms. The lowest BCUT2D eigenvalue weighted by Crippen LogP contribution is -1.93. The van der Waals surface area contributed by atoms with Gasteiger partial charge in [0.2, 0.25) is 0 Å². The standard InChI is InChI=1S/C13H11N3/c1-10-4-2-3-5-12(10)13-15-8-11(6-7-14)9-16-13/h2-5,8-9H,6H2,1H3. The predicted molar refractivity (Wildman–Crippen MR) is 61.5 cm³/mol. The first-order chi connectivity index (χ1) is 7.81. The highest BCUT2D eigenvalue weighted by Gasteiger charge is 2.03. The Bertz CT molecular complexity index is 524. The molecule has 0 spiro atoms. The molecule has 0 atom stereocenters. The Labute approximate surface area is 94.4 Å². The van der Waals surface area contributed by atoms with Crippen LogP contribution in [-0.4, -0.2) is 9.97 Å². The number of benzene rings is 1. The molecule has 2 rings (SSSR count). The third-order valence-electron chi connectivity index (χ3n) is 2.37. The molecule has 0 unspecified atom stereocenters. The van der Waals surface area contributed by atoms with E-state index in [2.05, 4.69) is 16.0 Å². The Morgan fingerprint density at radius 1 is 1.19 bits per heavy atom. The quantitative estimate of drug-likeness (QED) is 0.763. The molecule has 1 aromatic heterocycles. The van der Waals surface area contributed by atoms with E-state index in [0.29, 0.717) is 12.2 Å². The van der Waals surface area contributed by atoms with E-state index in [1.807, 2.05) is 31.2 Å². The molecule has 0 amide bonds. The number of nitriles is 1. The van der Waals surface area contributed by atoms with Gasteiger partial charge in [0.1, 0.15) is 0 Å². The molecule has 0 aliphatic carbocycles. The van der Waals surface area contributed by atoms with E-state index in [-0.39, 0.29) is 0 Å². The van der Waals surface area contributed by atoms with E-state index < -0.39 is 0 Å². The van der Waals surface area contributed by atoms with Gasteiger partial charge in [-0.25, -0.2) is 9.97 Å². The lowest BCUT2D eigenvalue weighted by atomic mass is 10.1. The first kappa shape index (κ1) is 10.3. The number of nitrogens with zero attached hydrogens (tertiary/aromatic N) is 3. The zero-order chi connectivity index (χ0) is 11.4. The van der Waals surface area contributed by atoms with Gasteiger partial charge < -0.3 is 0 Å². The van der Waals surface area contributed by atoms with Crippen LogP contribution in [0.5, 0.6) is 0 Å². The van der Waals surface area contributed by atoms with Crippen molar-refractivity contribution >= 4 is 0 Å². The normalized spacial score (nSPS) is 9.75. The van der Waals surface area contributed by atoms with Crippen molar-refractivity contribution in [1.29, 1.82) is 5.26 Å². The van der Waals surface area contributed by atoms with Gasteiger partial charge in [0, 0.05) is 23.5 Å². The number of aromatic nitrogens is 2. The van der Waals surface area contributed by atoms with Crippen LogP contribution < -0.4 is 0 Å². The lowest BCUT2D eigenvalue weighted by Gasteiger charge is -2.03. The third kappa shape index (κ3) is 2.06. The van der Waals surface area contributed by atoms with Crippen molar-refractivity contribution < 1.29 is 0 Å². The van der Waals surface area contributed by atoms with E-state index in [1.54, 1.807) is 12.4 Å². The molecule has 0 fully saturated rings. The fraction of sp³-hybridized carbons (Fsp3) is 0.154. The Hall–Kier alpha value is -2.21. The van der Waals surface area contributed by atoms with Gasteiger partial charge in [0.05, 0.1) is 12.5 Å². The molecule has 1 aromatic carbocycles. The van der Waals surface area contributed by atoms with Crippen LogP contribution in [-0.2, 0) is 6.42 Å². The van der Waals surface area contributed by atoms with Crippen LogP contribution in [0.1, 0.15) is 11.1 Å². The molecule has 0 aliphatic rings. The first-order valence-corrected chi connectivity index (χ1v) is 5.05. The van der Waals surface area contributed by atoms with Gasteiger partial charge in [-0.15, -0.1) is 0 Å². The maximum Gasteiger partial charge on any atom is 0.159 e. The minimum absolute atomic E-state index is 0.355. The summed E-state index contributed by atoms with van der Waals surface area (Å²) in [6.07, 6.45) is 3.77. The van der Waals surface area contributed by atoms with Crippen LogP contribution in [0.2, 0.25) is 0 Å². The predicted octanol–water partition coefficient (Wildman–Crippen LogP) is 2.52. The van der Waals surface area contributed by atoms with Crippen LogP contribution in [0.4, 0.5) is 0 Å². The van der Waals surface area contributed by atoms with Crippen molar-refractivity contribution in [3.05, 3.63) is 47.8 Å². The maximum absolute atomic E-state index is 8.54. The van der Waals surface area contributed by atoms with Crippen LogP contribution in [0.3, 0.4) is 0 Å². The SMILES string of the molecule is Cc1ccccc1-c1ncc(CC#N)cn1. The monoisotopic (exact) mass is 209 g/mol. The molecule has 0 N–H and O–H groups in total.